The highest BCUT2D eigenvalue weighted by atomic mass is 16.5. The first-order chi connectivity index (χ1) is 8.31. The summed E-state index contributed by atoms with van der Waals surface area (Å²) in [6.07, 6.45) is 8.44. The van der Waals surface area contributed by atoms with Gasteiger partial charge >= 0.3 is 0 Å². The topological polar surface area (TPSA) is 64.9 Å². The lowest BCUT2D eigenvalue weighted by Gasteiger charge is -2.17. The molecule has 1 saturated carbocycles. The number of hydrogen-bond donors (Lipinski definition) is 1. The minimum atomic E-state index is 0.336. The molecule has 0 spiro atoms. The standard InChI is InChI=1S/C13H23N3O/c1-10(6-5-9-14)13-15-12(16-17-13)11-7-3-2-4-8-11/h10-11H,2-9,14H2,1H3. The average molecular weight is 237 g/mol. The Morgan fingerprint density at radius 3 is 2.82 bits per heavy atom. The molecule has 4 heteroatoms. The molecule has 1 aliphatic rings. The Morgan fingerprint density at radius 2 is 2.12 bits per heavy atom. The van der Waals surface area contributed by atoms with Gasteiger partial charge in [0.25, 0.3) is 0 Å². The maximum atomic E-state index is 5.51. The molecule has 2 rings (SSSR count). The third-order valence-electron chi connectivity index (χ3n) is 3.69. The third-order valence-corrected chi connectivity index (χ3v) is 3.69. The molecule has 1 fully saturated rings. The Kier molecular flexibility index (Phi) is 4.54. The molecule has 17 heavy (non-hydrogen) atoms. The molecular weight excluding hydrogens is 214 g/mol. The molecule has 1 aliphatic carbocycles. The third kappa shape index (κ3) is 3.28. The van der Waals surface area contributed by atoms with E-state index in [4.69, 9.17) is 10.3 Å². The Labute approximate surface area is 103 Å². The van der Waals surface area contributed by atoms with E-state index in [2.05, 4.69) is 17.1 Å². The quantitative estimate of drug-likeness (QED) is 0.855. The van der Waals surface area contributed by atoms with Crippen LogP contribution < -0.4 is 5.73 Å². The fraction of sp³-hybridized carbons (Fsp3) is 0.846. The van der Waals surface area contributed by atoms with Crippen molar-refractivity contribution in [2.45, 2.75) is 63.7 Å². The number of rotatable bonds is 5. The monoisotopic (exact) mass is 237 g/mol. The van der Waals surface area contributed by atoms with Gasteiger partial charge in [0.1, 0.15) is 0 Å². The molecule has 0 aliphatic heterocycles. The maximum absolute atomic E-state index is 5.51. The Bertz CT molecular complexity index is 331. The summed E-state index contributed by atoms with van der Waals surface area (Å²) in [6.45, 7) is 2.86. The van der Waals surface area contributed by atoms with E-state index in [9.17, 15) is 0 Å². The highest BCUT2D eigenvalue weighted by Gasteiger charge is 2.22. The second-order valence-electron chi connectivity index (χ2n) is 5.16. The van der Waals surface area contributed by atoms with Crippen LogP contribution >= 0.6 is 0 Å². The summed E-state index contributed by atoms with van der Waals surface area (Å²) in [7, 11) is 0. The van der Waals surface area contributed by atoms with Crippen molar-refractivity contribution in [2.75, 3.05) is 6.54 Å². The molecule has 0 aromatic carbocycles. The normalized spacial score (nSPS) is 19.4. The van der Waals surface area contributed by atoms with Crippen molar-refractivity contribution in [3.05, 3.63) is 11.7 Å². The summed E-state index contributed by atoms with van der Waals surface area (Å²) in [5, 5.41) is 4.15. The van der Waals surface area contributed by atoms with E-state index in [-0.39, 0.29) is 0 Å². The first-order valence-corrected chi connectivity index (χ1v) is 6.85. The summed E-state index contributed by atoms with van der Waals surface area (Å²) in [5.41, 5.74) is 5.51. The fourth-order valence-corrected chi connectivity index (χ4v) is 2.52. The summed E-state index contributed by atoms with van der Waals surface area (Å²) in [5.74, 6) is 2.59. The van der Waals surface area contributed by atoms with Crippen molar-refractivity contribution in [1.29, 1.82) is 0 Å². The lowest BCUT2D eigenvalue weighted by atomic mass is 9.89. The van der Waals surface area contributed by atoms with Crippen molar-refractivity contribution in [3.8, 4) is 0 Å². The van der Waals surface area contributed by atoms with Crippen LogP contribution in [0.3, 0.4) is 0 Å². The molecular formula is C13H23N3O. The van der Waals surface area contributed by atoms with Gasteiger partial charge in [0.15, 0.2) is 5.82 Å². The van der Waals surface area contributed by atoms with Crippen molar-refractivity contribution in [1.82, 2.24) is 10.1 Å². The summed E-state index contributed by atoms with van der Waals surface area (Å²) in [6, 6.07) is 0. The van der Waals surface area contributed by atoms with Gasteiger partial charge in [0.2, 0.25) is 5.89 Å². The van der Waals surface area contributed by atoms with Crippen LogP contribution in [0.4, 0.5) is 0 Å². The lowest BCUT2D eigenvalue weighted by Crippen LogP contribution is -2.06. The molecule has 0 radical (unpaired) electrons. The Morgan fingerprint density at radius 1 is 1.35 bits per heavy atom. The van der Waals surface area contributed by atoms with Gasteiger partial charge in [-0.1, -0.05) is 31.3 Å². The minimum absolute atomic E-state index is 0.336. The van der Waals surface area contributed by atoms with E-state index in [0.29, 0.717) is 11.8 Å². The molecule has 1 atom stereocenters. The van der Waals surface area contributed by atoms with E-state index >= 15 is 0 Å². The van der Waals surface area contributed by atoms with Crippen LogP contribution in [0.15, 0.2) is 4.52 Å². The van der Waals surface area contributed by atoms with Crippen molar-refractivity contribution in [2.24, 2.45) is 5.73 Å². The van der Waals surface area contributed by atoms with E-state index < -0.39 is 0 Å². The fourth-order valence-electron chi connectivity index (χ4n) is 2.52. The minimum Gasteiger partial charge on any atom is -0.339 e. The van der Waals surface area contributed by atoms with Gasteiger partial charge in [0, 0.05) is 11.8 Å². The Hall–Kier alpha value is -0.900. The van der Waals surface area contributed by atoms with Crippen molar-refractivity contribution in [3.63, 3.8) is 0 Å². The van der Waals surface area contributed by atoms with Crippen LogP contribution in [0.1, 0.15) is 75.4 Å². The zero-order valence-electron chi connectivity index (χ0n) is 10.7. The van der Waals surface area contributed by atoms with Crippen molar-refractivity contribution < 1.29 is 4.52 Å². The van der Waals surface area contributed by atoms with Crippen LogP contribution in [0.2, 0.25) is 0 Å². The first-order valence-electron chi connectivity index (χ1n) is 6.85. The van der Waals surface area contributed by atoms with Gasteiger partial charge in [-0.05, 0) is 32.2 Å². The molecule has 1 aromatic heterocycles. The van der Waals surface area contributed by atoms with Crippen LogP contribution in [0.5, 0.6) is 0 Å². The Balaban J connectivity index is 1.94. The summed E-state index contributed by atoms with van der Waals surface area (Å²) >= 11 is 0. The predicted molar refractivity (Wildman–Crippen MR) is 66.8 cm³/mol. The molecule has 1 aromatic rings. The molecule has 0 bridgehead atoms. The van der Waals surface area contributed by atoms with Gasteiger partial charge in [0.05, 0.1) is 0 Å². The van der Waals surface area contributed by atoms with Gasteiger partial charge in [-0.3, -0.25) is 0 Å². The highest BCUT2D eigenvalue weighted by Crippen LogP contribution is 2.31. The van der Waals surface area contributed by atoms with E-state index in [1.807, 2.05) is 0 Å². The van der Waals surface area contributed by atoms with Gasteiger partial charge in [-0.15, -0.1) is 0 Å². The number of nitrogens with zero attached hydrogens (tertiary/aromatic N) is 2. The molecule has 2 N–H and O–H groups in total. The first kappa shape index (κ1) is 12.6. The second kappa shape index (κ2) is 6.15. The summed E-state index contributed by atoms with van der Waals surface area (Å²) in [4.78, 5) is 4.57. The van der Waals surface area contributed by atoms with Crippen LogP contribution in [0, 0.1) is 0 Å². The molecule has 0 saturated heterocycles. The molecule has 0 amide bonds. The predicted octanol–water partition coefficient (Wildman–Crippen LogP) is 2.96. The zero-order valence-corrected chi connectivity index (χ0v) is 10.7. The van der Waals surface area contributed by atoms with E-state index in [1.54, 1.807) is 0 Å². The lowest BCUT2D eigenvalue weighted by molar-refractivity contribution is 0.339. The summed E-state index contributed by atoms with van der Waals surface area (Å²) < 4.78 is 5.37. The largest absolute Gasteiger partial charge is 0.339 e. The van der Waals surface area contributed by atoms with Crippen LogP contribution in [0.25, 0.3) is 0 Å². The van der Waals surface area contributed by atoms with Gasteiger partial charge in [-0.25, -0.2) is 0 Å². The molecule has 96 valence electrons. The highest BCUT2D eigenvalue weighted by molar-refractivity contribution is 4.99. The second-order valence-corrected chi connectivity index (χ2v) is 5.16. The van der Waals surface area contributed by atoms with Gasteiger partial charge < -0.3 is 10.3 Å². The van der Waals surface area contributed by atoms with Crippen LogP contribution in [-0.2, 0) is 0 Å². The maximum Gasteiger partial charge on any atom is 0.229 e. The smallest absolute Gasteiger partial charge is 0.229 e. The molecule has 1 heterocycles. The van der Waals surface area contributed by atoms with Crippen LogP contribution in [-0.4, -0.2) is 16.7 Å². The molecule has 1 unspecified atom stereocenters. The average Bonchev–Trinajstić information content (AvgIpc) is 2.86. The number of hydrogen-bond acceptors (Lipinski definition) is 4. The van der Waals surface area contributed by atoms with Gasteiger partial charge in [-0.2, -0.15) is 4.98 Å². The molecule has 4 nitrogen and oxygen atoms in total. The SMILES string of the molecule is CC(CCCN)c1nc(C2CCCCC2)no1. The number of nitrogens with two attached hydrogens (primary N) is 1. The van der Waals surface area contributed by atoms with Crippen molar-refractivity contribution >= 4 is 0 Å². The van der Waals surface area contributed by atoms with E-state index in [0.717, 1.165) is 31.1 Å². The zero-order chi connectivity index (χ0) is 12.1. The number of aromatic nitrogens is 2. The van der Waals surface area contributed by atoms with E-state index in [1.165, 1.54) is 32.1 Å².